The van der Waals surface area contributed by atoms with Gasteiger partial charge in [0.2, 0.25) is 0 Å². The highest BCUT2D eigenvalue weighted by Gasteiger charge is 2.41. The van der Waals surface area contributed by atoms with E-state index in [9.17, 15) is 0 Å². The molecule has 1 aliphatic rings. The van der Waals surface area contributed by atoms with Crippen molar-refractivity contribution in [3.63, 3.8) is 0 Å². The first-order chi connectivity index (χ1) is 6.83. The summed E-state index contributed by atoms with van der Waals surface area (Å²) in [6.45, 7) is 8.59. The van der Waals surface area contributed by atoms with Gasteiger partial charge in [0.25, 0.3) is 0 Å². The van der Waals surface area contributed by atoms with Gasteiger partial charge in [-0.1, -0.05) is 20.3 Å². The Hall–Kier alpha value is -0.0800. The van der Waals surface area contributed by atoms with E-state index in [-0.39, 0.29) is 0 Å². The van der Waals surface area contributed by atoms with Gasteiger partial charge in [0.1, 0.15) is 0 Å². The highest BCUT2D eigenvalue weighted by atomic mass is 16.5. The fraction of sp³-hybridized carbons (Fsp3) is 1.00. The van der Waals surface area contributed by atoms with Crippen LogP contribution in [0.4, 0.5) is 0 Å². The fourth-order valence-electron chi connectivity index (χ4n) is 1.72. The van der Waals surface area contributed by atoms with Crippen LogP contribution in [0.2, 0.25) is 0 Å². The van der Waals surface area contributed by atoms with Crippen LogP contribution in [-0.4, -0.2) is 26.3 Å². The summed E-state index contributed by atoms with van der Waals surface area (Å²) in [5.74, 6) is 0. The predicted octanol–water partition coefficient (Wildman–Crippen LogP) is 2.58. The Morgan fingerprint density at radius 2 is 2.00 bits per heavy atom. The predicted molar refractivity (Wildman–Crippen MR) is 60.6 cm³/mol. The van der Waals surface area contributed by atoms with Gasteiger partial charge >= 0.3 is 0 Å². The molecule has 0 aromatic rings. The van der Waals surface area contributed by atoms with Crippen LogP contribution >= 0.6 is 0 Å². The van der Waals surface area contributed by atoms with E-state index in [2.05, 4.69) is 19.2 Å². The largest absolute Gasteiger partial charge is 0.381 e. The van der Waals surface area contributed by atoms with E-state index in [4.69, 9.17) is 4.74 Å². The van der Waals surface area contributed by atoms with Crippen LogP contribution in [0.3, 0.4) is 0 Å². The van der Waals surface area contributed by atoms with Crippen LogP contribution in [0, 0.1) is 5.41 Å². The second kappa shape index (κ2) is 6.41. The number of ether oxygens (including phenoxy) is 1. The van der Waals surface area contributed by atoms with Gasteiger partial charge in [0.15, 0.2) is 0 Å². The maximum absolute atomic E-state index is 5.60. The molecular formula is C12H25NO. The first-order valence-electron chi connectivity index (χ1n) is 6.11. The average molecular weight is 199 g/mol. The molecule has 0 spiro atoms. The van der Waals surface area contributed by atoms with Crippen molar-refractivity contribution in [2.24, 2.45) is 5.41 Å². The van der Waals surface area contributed by atoms with Crippen LogP contribution < -0.4 is 5.32 Å². The summed E-state index contributed by atoms with van der Waals surface area (Å²) in [5, 5.41) is 3.45. The molecular weight excluding hydrogens is 174 g/mol. The van der Waals surface area contributed by atoms with Gasteiger partial charge in [-0.25, -0.2) is 0 Å². The molecule has 1 saturated carbocycles. The third-order valence-electron chi connectivity index (χ3n) is 3.13. The Bertz CT molecular complexity index is 143. The summed E-state index contributed by atoms with van der Waals surface area (Å²) in [6, 6.07) is 0. The Kier molecular flexibility index (Phi) is 5.49. The van der Waals surface area contributed by atoms with Gasteiger partial charge < -0.3 is 10.1 Å². The van der Waals surface area contributed by atoms with Gasteiger partial charge in [-0.05, 0) is 37.6 Å². The van der Waals surface area contributed by atoms with Crippen molar-refractivity contribution in [2.45, 2.75) is 46.0 Å². The third-order valence-corrected chi connectivity index (χ3v) is 3.13. The maximum Gasteiger partial charge on any atom is 0.0471 e. The van der Waals surface area contributed by atoms with Crippen molar-refractivity contribution in [1.29, 1.82) is 0 Å². The smallest absolute Gasteiger partial charge is 0.0471 e. The van der Waals surface area contributed by atoms with Crippen LogP contribution in [0.25, 0.3) is 0 Å². The minimum absolute atomic E-state index is 0.613. The van der Waals surface area contributed by atoms with Crippen molar-refractivity contribution in [3.05, 3.63) is 0 Å². The molecule has 84 valence electrons. The number of unbranched alkanes of at least 4 members (excludes halogenated alkanes) is 1. The molecule has 1 N–H and O–H groups in total. The van der Waals surface area contributed by atoms with E-state index in [1.807, 2.05) is 0 Å². The highest BCUT2D eigenvalue weighted by Crippen LogP contribution is 2.48. The number of hydrogen-bond acceptors (Lipinski definition) is 2. The lowest BCUT2D eigenvalue weighted by molar-refractivity contribution is 0.114. The molecule has 1 rings (SSSR count). The highest BCUT2D eigenvalue weighted by molar-refractivity contribution is 4.94. The second-order valence-electron chi connectivity index (χ2n) is 4.50. The minimum atomic E-state index is 0.613. The van der Waals surface area contributed by atoms with Crippen LogP contribution in [0.1, 0.15) is 46.0 Å². The van der Waals surface area contributed by atoms with Crippen LogP contribution in [0.5, 0.6) is 0 Å². The molecule has 0 aromatic carbocycles. The Balaban J connectivity index is 1.94. The fourth-order valence-corrected chi connectivity index (χ4v) is 1.72. The molecule has 1 aliphatic carbocycles. The Labute approximate surface area is 88.4 Å². The van der Waals surface area contributed by atoms with Gasteiger partial charge in [-0.2, -0.15) is 0 Å². The van der Waals surface area contributed by atoms with Gasteiger partial charge in [-0.15, -0.1) is 0 Å². The molecule has 0 heterocycles. The minimum Gasteiger partial charge on any atom is -0.381 e. The van der Waals surface area contributed by atoms with Gasteiger partial charge in [0, 0.05) is 19.8 Å². The van der Waals surface area contributed by atoms with Gasteiger partial charge in [0.05, 0.1) is 0 Å². The van der Waals surface area contributed by atoms with Crippen molar-refractivity contribution in [3.8, 4) is 0 Å². The summed E-state index contributed by atoms with van der Waals surface area (Å²) in [5.41, 5.74) is 0.613. The standard InChI is InChI=1S/C12H25NO/c1-3-5-9-14-10-8-12(6-7-12)11-13-4-2/h13H,3-11H2,1-2H3. The molecule has 0 saturated heterocycles. The summed E-state index contributed by atoms with van der Waals surface area (Å²) < 4.78 is 5.60. The van der Waals surface area contributed by atoms with Crippen molar-refractivity contribution in [1.82, 2.24) is 5.32 Å². The maximum atomic E-state index is 5.60. The zero-order chi connectivity index (χ0) is 10.3. The van der Waals surface area contributed by atoms with Crippen LogP contribution in [0.15, 0.2) is 0 Å². The first kappa shape index (κ1) is 12.0. The molecule has 0 amide bonds. The lowest BCUT2D eigenvalue weighted by atomic mass is 10.0. The summed E-state index contributed by atoms with van der Waals surface area (Å²) in [6.07, 6.45) is 6.50. The summed E-state index contributed by atoms with van der Waals surface area (Å²) in [7, 11) is 0. The average Bonchev–Trinajstić information content (AvgIpc) is 2.96. The van der Waals surface area contributed by atoms with Crippen molar-refractivity contribution in [2.75, 3.05) is 26.3 Å². The molecule has 1 fully saturated rings. The normalized spacial score (nSPS) is 18.4. The lowest BCUT2D eigenvalue weighted by Gasteiger charge is -2.15. The number of nitrogens with one attached hydrogen (secondary N) is 1. The molecule has 0 bridgehead atoms. The van der Waals surface area contributed by atoms with E-state index in [0.717, 1.165) is 19.8 Å². The quantitative estimate of drug-likeness (QED) is 0.576. The van der Waals surface area contributed by atoms with Crippen molar-refractivity contribution < 1.29 is 4.74 Å². The Morgan fingerprint density at radius 3 is 2.57 bits per heavy atom. The summed E-state index contributed by atoms with van der Waals surface area (Å²) in [4.78, 5) is 0. The number of rotatable bonds is 9. The van der Waals surface area contributed by atoms with Crippen molar-refractivity contribution >= 4 is 0 Å². The van der Waals surface area contributed by atoms with E-state index < -0.39 is 0 Å². The SMILES string of the molecule is CCCCOCCC1(CNCC)CC1. The van der Waals surface area contributed by atoms with E-state index in [0.29, 0.717) is 5.41 Å². The monoisotopic (exact) mass is 199 g/mol. The molecule has 14 heavy (non-hydrogen) atoms. The molecule has 2 nitrogen and oxygen atoms in total. The second-order valence-corrected chi connectivity index (χ2v) is 4.50. The molecule has 0 atom stereocenters. The lowest BCUT2D eigenvalue weighted by Crippen LogP contribution is -2.24. The van der Waals surface area contributed by atoms with E-state index >= 15 is 0 Å². The van der Waals surface area contributed by atoms with Crippen LogP contribution in [-0.2, 0) is 4.74 Å². The molecule has 0 radical (unpaired) electrons. The zero-order valence-corrected chi connectivity index (χ0v) is 9.77. The summed E-state index contributed by atoms with van der Waals surface area (Å²) >= 11 is 0. The third kappa shape index (κ3) is 4.43. The van der Waals surface area contributed by atoms with E-state index in [1.165, 1.54) is 38.6 Å². The topological polar surface area (TPSA) is 21.3 Å². The first-order valence-corrected chi connectivity index (χ1v) is 6.11. The Morgan fingerprint density at radius 1 is 1.21 bits per heavy atom. The number of hydrogen-bond donors (Lipinski definition) is 1. The molecule has 0 aromatic heterocycles. The molecule has 2 heteroatoms. The van der Waals surface area contributed by atoms with Gasteiger partial charge in [-0.3, -0.25) is 0 Å². The molecule has 0 aliphatic heterocycles. The zero-order valence-electron chi connectivity index (χ0n) is 9.77. The molecule has 0 unspecified atom stereocenters. The van der Waals surface area contributed by atoms with E-state index in [1.54, 1.807) is 0 Å².